The van der Waals surface area contributed by atoms with E-state index < -0.39 is 0 Å². The van der Waals surface area contributed by atoms with Crippen molar-refractivity contribution in [1.82, 2.24) is 0 Å². The molecule has 0 aliphatic rings. The molecule has 0 amide bonds. The van der Waals surface area contributed by atoms with Crippen molar-refractivity contribution in [3.63, 3.8) is 0 Å². The van der Waals surface area contributed by atoms with E-state index in [1.165, 1.54) is 0 Å². The quantitative estimate of drug-likeness (QED) is 0.668. The summed E-state index contributed by atoms with van der Waals surface area (Å²) in [6.45, 7) is 0. The number of nitrogens with two attached hydrogens (primary N) is 1. The zero-order valence-electron chi connectivity index (χ0n) is 7.57. The maximum Gasteiger partial charge on any atom is 0.115 e. The second-order valence-electron chi connectivity index (χ2n) is 3.10. The van der Waals surface area contributed by atoms with Crippen LogP contribution >= 0.6 is 0 Å². The minimum Gasteiger partial charge on any atom is -0.508 e. The van der Waals surface area contributed by atoms with Gasteiger partial charge in [0.2, 0.25) is 0 Å². The van der Waals surface area contributed by atoms with E-state index in [0.29, 0.717) is 5.69 Å². The molecule has 0 saturated heterocycles. The lowest BCUT2D eigenvalue weighted by Gasteiger charge is -2.02. The van der Waals surface area contributed by atoms with Gasteiger partial charge in [-0.15, -0.1) is 0 Å². The van der Waals surface area contributed by atoms with Crippen molar-refractivity contribution >= 4 is 5.69 Å². The second kappa shape index (κ2) is 3.42. The lowest BCUT2D eigenvalue weighted by Crippen LogP contribution is -1.84. The van der Waals surface area contributed by atoms with Crippen LogP contribution in [0, 0.1) is 6.07 Å². The van der Waals surface area contributed by atoms with Gasteiger partial charge in [-0.2, -0.15) is 0 Å². The highest BCUT2D eigenvalue weighted by Crippen LogP contribution is 2.22. The van der Waals surface area contributed by atoms with E-state index in [9.17, 15) is 0 Å². The Morgan fingerprint density at radius 1 is 1.00 bits per heavy atom. The van der Waals surface area contributed by atoms with Crippen molar-refractivity contribution in [3.05, 3.63) is 48.5 Å². The first-order chi connectivity index (χ1) is 6.75. The van der Waals surface area contributed by atoms with Crippen molar-refractivity contribution in [3.8, 4) is 16.9 Å². The Morgan fingerprint density at radius 2 is 1.71 bits per heavy atom. The van der Waals surface area contributed by atoms with Crippen LogP contribution in [0.25, 0.3) is 11.1 Å². The van der Waals surface area contributed by atoms with Gasteiger partial charge in [-0.25, -0.2) is 0 Å². The number of benzene rings is 2. The molecule has 0 heterocycles. The Kier molecular flexibility index (Phi) is 2.11. The number of nitrogen functional groups attached to an aromatic ring is 1. The Labute approximate surface area is 82.6 Å². The highest BCUT2D eigenvalue weighted by molar-refractivity contribution is 5.67. The fourth-order valence-corrected chi connectivity index (χ4v) is 1.31. The number of rotatable bonds is 1. The number of aromatic hydroxyl groups is 1. The van der Waals surface area contributed by atoms with E-state index in [1.54, 1.807) is 18.2 Å². The molecule has 0 aliphatic carbocycles. The van der Waals surface area contributed by atoms with Gasteiger partial charge in [0.05, 0.1) is 0 Å². The molecular weight excluding hydrogens is 174 g/mol. The van der Waals surface area contributed by atoms with Crippen molar-refractivity contribution in [1.29, 1.82) is 0 Å². The van der Waals surface area contributed by atoms with E-state index in [4.69, 9.17) is 10.8 Å². The molecule has 0 fully saturated rings. The molecule has 2 aromatic carbocycles. The van der Waals surface area contributed by atoms with Crippen molar-refractivity contribution in [2.24, 2.45) is 0 Å². The minimum absolute atomic E-state index is 0.265. The maximum atomic E-state index is 9.13. The minimum atomic E-state index is 0.265. The van der Waals surface area contributed by atoms with E-state index >= 15 is 0 Å². The summed E-state index contributed by atoms with van der Waals surface area (Å²) in [6, 6.07) is 15.4. The topological polar surface area (TPSA) is 46.2 Å². The molecule has 14 heavy (non-hydrogen) atoms. The smallest absolute Gasteiger partial charge is 0.115 e. The van der Waals surface area contributed by atoms with Crippen molar-refractivity contribution < 1.29 is 5.11 Å². The molecule has 1 radical (unpaired) electrons. The van der Waals surface area contributed by atoms with Crippen molar-refractivity contribution in [2.75, 3.05) is 5.73 Å². The first kappa shape index (κ1) is 8.63. The highest BCUT2D eigenvalue weighted by Gasteiger charge is 1.97. The molecule has 69 valence electrons. The van der Waals surface area contributed by atoms with Crippen molar-refractivity contribution in [2.45, 2.75) is 0 Å². The van der Waals surface area contributed by atoms with Crippen LogP contribution in [0.3, 0.4) is 0 Å². The first-order valence-electron chi connectivity index (χ1n) is 4.32. The predicted octanol–water partition coefficient (Wildman–Crippen LogP) is 2.44. The summed E-state index contributed by atoms with van der Waals surface area (Å²) in [5.74, 6) is 0.265. The summed E-state index contributed by atoms with van der Waals surface area (Å²) in [7, 11) is 0. The Balaban J connectivity index is 2.44. The normalized spacial score (nSPS) is 10.0. The molecule has 0 spiro atoms. The van der Waals surface area contributed by atoms with Gasteiger partial charge in [0.15, 0.2) is 0 Å². The Morgan fingerprint density at radius 3 is 2.36 bits per heavy atom. The number of phenolic OH excluding ortho intramolecular Hbond substituents is 1. The summed E-state index contributed by atoms with van der Waals surface area (Å²) in [5, 5.41) is 9.13. The van der Waals surface area contributed by atoms with Crippen LogP contribution in [0.1, 0.15) is 0 Å². The van der Waals surface area contributed by atoms with Crippen LogP contribution in [0.15, 0.2) is 42.5 Å². The van der Waals surface area contributed by atoms with Crippen LogP contribution in [0.5, 0.6) is 5.75 Å². The van der Waals surface area contributed by atoms with E-state index in [1.807, 2.05) is 24.3 Å². The van der Waals surface area contributed by atoms with Crippen LogP contribution in [0.4, 0.5) is 5.69 Å². The van der Waals surface area contributed by atoms with Crippen LogP contribution in [-0.4, -0.2) is 5.11 Å². The van der Waals surface area contributed by atoms with Crippen LogP contribution in [-0.2, 0) is 0 Å². The predicted molar refractivity (Wildman–Crippen MR) is 56.8 cm³/mol. The molecule has 3 N–H and O–H groups in total. The number of phenols is 1. The third-order valence-corrected chi connectivity index (χ3v) is 2.01. The van der Waals surface area contributed by atoms with E-state index in [-0.39, 0.29) is 5.75 Å². The fraction of sp³-hybridized carbons (Fsp3) is 0. The molecule has 0 saturated carbocycles. The molecule has 2 nitrogen and oxygen atoms in total. The lowest BCUT2D eigenvalue weighted by molar-refractivity contribution is 0.475. The Hall–Kier alpha value is -1.96. The average molecular weight is 184 g/mol. The standard InChI is InChI=1S/C12H10NO/c13-11-3-1-2-10(8-11)9-4-6-12(14)7-5-9/h2-8,14H,13H2. The third-order valence-electron chi connectivity index (χ3n) is 2.01. The molecule has 2 rings (SSSR count). The third kappa shape index (κ3) is 1.69. The van der Waals surface area contributed by atoms with Gasteiger partial charge in [-0.3, -0.25) is 0 Å². The van der Waals surface area contributed by atoms with E-state index in [2.05, 4.69) is 6.07 Å². The summed E-state index contributed by atoms with van der Waals surface area (Å²) in [6.07, 6.45) is 0. The van der Waals surface area contributed by atoms with Gasteiger partial charge in [0.1, 0.15) is 5.75 Å². The summed E-state index contributed by atoms with van der Waals surface area (Å²) in [5.41, 5.74) is 8.36. The van der Waals surface area contributed by atoms with Gasteiger partial charge in [0, 0.05) is 5.69 Å². The molecule has 0 atom stereocenters. The lowest BCUT2D eigenvalue weighted by atomic mass is 10.1. The zero-order valence-corrected chi connectivity index (χ0v) is 7.57. The zero-order chi connectivity index (χ0) is 9.97. The van der Waals surface area contributed by atoms with Gasteiger partial charge >= 0.3 is 0 Å². The molecule has 2 aromatic rings. The van der Waals surface area contributed by atoms with Gasteiger partial charge in [-0.05, 0) is 47.5 Å². The van der Waals surface area contributed by atoms with E-state index in [0.717, 1.165) is 11.1 Å². The molecule has 2 heteroatoms. The molecular formula is C12H10NO. The number of hydrogen-bond acceptors (Lipinski definition) is 2. The summed E-state index contributed by atoms with van der Waals surface area (Å²) >= 11 is 0. The monoisotopic (exact) mass is 184 g/mol. The molecule has 0 aliphatic heterocycles. The fourth-order valence-electron chi connectivity index (χ4n) is 1.31. The SMILES string of the molecule is Nc1c[c]cc(-c2ccc(O)cc2)c1. The molecule has 0 bridgehead atoms. The van der Waals surface area contributed by atoms with Gasteiger partial charge < -0.3 is 10.8 Å². The van der Waals surface area contributed by atoms with Crippen LogP contribution < -0.4 is 5.73 Å². The maximum absolute atomic E-state index is 9.13. The average Bonchev–Trinajstić information content (AvgIpc) is 2.19. The highest BCUT2D eigenvalue weighted by atomic mass is 16.3. The first-order valence-corrected chi connectivity index (χ1v) is 4.32. The number of hydrogen-bond donors (Lipinski definition) is 2. The molecule has 0 aromatic heterocycles. The second-order valence-corrected chi connectivity index (χ2v) is 3.10. The largest absolute Gasteiger partial charge is 0.508 e. The van der Waals surface area contributed by atoms with Gasteiger partial charge in [0.25, 0.3) is 0 Å². The molecule has 0 unspecified atom stereocenters. The van der Waals surface area contributed by atoms with Crippen LogP contribution in [0.2, 0.25) is 0 Å². The number of anilines is 1. The van der Waals surface area contributed by atoms with Gasteiger partial charge in [-0.1, -0.05) is 12.1 Å². The summed E-state index contributed by atoms with van der Waals surface area (Å²) < 4.78 is 0. The summed E-state index contributed by atoms with van der Waals surface area (Å²) in [4.78, 5) is 0. The Bertz CT molecular complexity index is 434.